The fraction of sp³-hybridized carbons (Fsp3) is 0.273. The van der Waals surface area contributed by atoms with Crippen LogP contribution in [0.5, 0.6) is 5.88 Å². The number of hydrogen-bond donors (Lipinski definition) is 1. The topological polar surface area (TPSA) is 86.2 Å². The molecule has 2 aromatic heterocycles. The number of carbonyl (C=O) groups excluding carboxylic acids is 1. The summed E-state index contributed by atoms with van der Waals surface area (Å²) in [7, 11) is 0. The first-order chi connectivity index (χ1) is 15.5. The molecule has 1 saturated heterocycles. The Balaban J connectivity index is 1.54. The Morgan fingerprint density at radius 2 is 1.84 bits per heavy atom. The highest BCUT2D eigenvalue weighted by molar-refractivity contribution is 6.03. The number of nitrogens with one attached hydrogen (secondary N) is 1. The third-order valence-corrected chi connectivity index (χ3v) is 5.00. The second kappa shape index (κ2) is 9.73. The van der Waals surface area contributed by atoms with Gasteiger partial charge in [0.25, 0.3) is 5.91 Å². The van der Waals surface area contributed by atoms with Crippen LogP contribution in [0.4, 0.5) is 18.9 Å². The van der Waals surface area contributed by atoms with Crippen molar-refractivity contribution >= 4 is 11.6 Å². The number of pyridine rings is 1. The first-order valence-corrected chi connectivity index (χ1v) is 9.95. The van der Waals surface area contributed by atoms with Crippen molar-refractivity contribution in [2.75, 3.05) is 25.1 Å². The molecule has 0 saturated carbocycles. The van der Waals surface area contributed by atoms with Crippen LogP contribution in [0.15, 0.2) is 42.9 Å². The zero-order chi connectivity index (χ0) is 22.5. The minimum absolute atomic E-state index is 0.169. The molecule has 1 aromatic carbocycles. The van der Waals surface area contributed by atoms with Gasteiger partial charge in [-0.05, 0) is 43.0 Å². The van der Waals surface area contributed by atoms with Crippen LogP contribution in [0.1, 0.15) is 23.3 Å². The fourth-order valence-electron chi connectivity index (χ4n) is 3.28. The molecule has 0 unspecified atom stereocenters. The molecule has 3 heterocycles. The summed E-state index contributed by atoms with van der Waals surface area (Å²) in [6.45, 7) is 1.74. The van der Waals surface area contributed by atoms with Crippen LogP contribution in [-0.4, -0.2) is 40.7 Å². The van der Waals surface area contributed by atoms with Crippen molar-refractivity contribution in [2.24, 2.45) is 5.92 Å². The molecule has 0 bridgehead atoms. The molecule has 1 amide bonds. The van der Waals surface area contributed by atoms with Gasteiger partial charge in [-0.25, -0.2) is 23.1 Å². The van der Waals surface area contributed by atoms with E-state index >= 15 is 0 Å². The normalized spacial score (nSPS) is 14.2. The Bertz CT molecular complexity index is 1100. The van der Waals surface area contributed by atoms with Crippen LogP contribution in [-0.2, 0) is 4.74 Å². The number of halogens is 3. The van der Waals surface area contributed by atoms with Gasteiger partial charge in [0.15, 0.2) is 0 Å². The maximum absolute atomic E-state index is 14.3. The first kappa shape index (κ1) is 21.7. The summed E-state index contributed by atoms with van der Waals surface area (Å²) in [5.74, 6) is -3.21. The van der Waals surface area contributed by atoms with Gasteiger partial charge in [0.05, 0.1) is 18.4 Å². The van der Waals surface area contributed by atoms with Gasteiger partial charge in [0.1, 0.15) is 40.9 Å². The Morgan fingerprint density at radius 1 is 1.09 bits per heavy atom. The van der Waals surface area contributed by atoms with Crippen LogP contribution in [0, 0.1) is 23.4 Å². The Labute approximate surface area is 181 Å². The minimum Gasteiger partial charge on any atom is -0.476 e. The predicted octanol–water partition coefficient (Wildman–Crippen LogP) is 4.01. The molecule has 1 fully saturated rings. The molecule has 1 aliphatic heterocycles. The van der Waals surface area contributed by atoms with E-state index < -0.39 is 34.6 Å². The van der Waals surface area contributed by atoms with E-state index in [4.69, 9.17) is 9.47 Å². The van der Waals surface area contributed by atoms with Crippen molar-refractivity contribution in [2.45, 2.75) is 12.8 Å². The minimum atomic E-state index is -0.991. The Morgan fingerprint density at radius 3 is 2.59 bits per heavy atom. The number of hydrogen-bond acceptors (Lipinski definition) is 6. The van der Waals surface area contributed by atoms with E-state index in [1.165, 1.54) is 12.5 Å². The molecule has 32 heavy (non-hydrogen) atoms. The van der Waals surface area contributed by atoms with Crippen LogP contribution < -0.4 is 10.1 Å². The average molecular weight is 444 g/mol. The standard InChI is InChI=1S/C22H19F3N4O3/c23-14-2-1-3-15(24)19(14)20-16(25)4-5-17(28-20)21(30)29-18-10-26-12-27-22(18)32-11-13-6-8-31-9-7-13/h1-5,10,12-13H,6-9,11H2,(H,29,30). The number of carbonyl (C=O) groups is 1. The van der Waals surface area contributed by atoms with E-state index in [1.54, 1.807) is 0 Å². The average Bonchev–Trinajstić information content (AvgIpc) is 2.80. The summed E-state index contributed by atoms with van der Waals surface area (Å²) >= 11 is 0. The summed E-state index contributed by atoms with van der Waals surface area (Å²) in [5.41, 5.74) is -1.31. The van der Waals surface area contributed by atoms with Crippen LogP contribution in [0.25, 0.3) is 11.3 Å². The summed E-state index contributed by atoms with van der Waals surface area (Å²) in [6, 6.07) is 5.15. The monoisotopic (exact) mass is 444 g/mol. The number of ether oxygens (including phenoxy) is 2. The van der Waals surface area contributed by atoms with E-state index in [0.29, 0.717) is 25.7 Å². The third-order valence-electron chi connectivity index (χ3n) is 5.00. The lowest BCUT2D eigenvalue weighted by Crippen LogP contribution is -2.22. The van der Waals surface area contributed by atoms with E-state index in [-0.39, 0.29) is 17.3 Å². The molecule has 7 nitrogen and oxygen atoms in total. The SMILES string of the molecule is O=C(Nc1cncnc1OCC1CCOCC1)c1ccc(F)c(-c2c(F)cccc2F)n1. The van der Waals surface area contributed by atoms with Crippen LogP contribution in [0.2, 0.25) is 0 Å². The zero-order valence-corrected chi connectivity index (χ0v) is 16.9. The van der Waals surface area contributed by atoms with E-state index in [9.17, 15) is 18.0 Å². The quantitative estimate of drug-likeness (QED) is 0.618. The molecule has 10 heteroatoms. The van der Waals surface area contributed by atoms with Crippen LogP contribution >= 0.6 is 0 Å². The maximum atomic E-state index is 14.3. The smallest absolute Gasteiger partial charge is 0.274 e. The third kappa shape index (κ3) is 4.86. The van der Waals surface area contributed by atoms with Gasteiger partial charge in [-0.2, -0.15) is 4.98 Å². The molecular weight excluding hydrogens is 425 g/mol. The van der Waals surface area contributed by atoms with E-state index in [0.717, 1.165) is 43.2 Å². The highest BCUT2D eigenvalue weighted by Gasteiger charge is 2.21. The second-order valence-electron chi connectivity index (χ2n) is 7.19. The summed E-state index contributed by atoms with van der Waals surface area (Å²) < 4.78 is 53.5. The van der Waals surface area contributed by atoms with Crippen molar-refractivity contribution in [1.82, 2.24) is 15.0 Å². The van der Waals surface area contributed by atoms with Crippen molar-refractivity contribution in [1.29, 1.82) is 0 Å². The van der Waals surface area contributed by atoms with Gasteiger partial charge in [0.2, 0.25) is 5.88 Å². The van der Waals surface area contributed by atoms with E-state index in [1.807, 2.05) is 0 Å². The number of nitrogens with zero attached hydrogens (tertiary/aromatic N) is 3. The summed E-state index contributed by atoms with van der Waals surface area (Å²) in [5, 5.41) is 2.56. The number of amides is 1. The van der Waals surface area contributed by atoms with Gasteiger partial charge in [-0.1, -0.05) is 6.07 Å². The summed E-state index contributed by atoms with van der Waals surface area (Å²) in [4.78, 5) is 24.5. The Kier molecular flexibility index (Phi) is 6.60. The largest absolute Gasteiger partial charge is 0.476 e. The molecule has 3 aromatic rings. The first-order valence-electron chi connectivity index (χ1n) is 9.95. The predicted molar refractivity (Wildman–Crippen MR) is 109 cm³/mol. The highest BCUT2D eigenvalue weighted by atomic mass is 19.1. The molecule has 0 atom stereocenters. The molecule has 0 spiro atoms. The lowest BCUT2D eigenvalue weighted by atomic mass is 10.0. The van der Waals surface area contributed by atoms with Crippen molar-refractivity contribution < 1.29 is 27.4 Å². The van der Waals surface area contributed by atoms with Crippen molar-refractivity contribution in [3.8, 4) is 17.1 Å². The maximum Gasteiger partial charge on any atom is 0.274 e. The molecule has 166 valence electrons. The van der Waals surface area contributed by atoms with Gasteiger partial charge in [0, 0.05) is 13.2 Å². The van der Waals surface area contributed by atoms with Crippen LogP contribution in [0.3, 0.4) is 0 Å². The lowest BCUT2D eigenvalue weighted by molar-refractivity contribution is 0.0491. The van der Waals surface area contributed by atoms with Gasteiger partial charge >= 0.3 is 0 Å². The lowest BCUT2D eigenvalue weighted by Gasteiger charge is -2.22. The summed E-state index contributed by atoms with van der Waals surface area (Å²) in [6.07, 6.45) is 4.36. The zero-order valence-electron chi connectivity index (χ0n) is 16.9. The second-order valence-corrected chi connectivity index (χ2v) is 7.19. The molecular formula is C22H19F3N4O3. The fourth-order valence-corrected chi connectivity index (χ4v) is 3.28. The van der Waals surface area contributed by atoms with E-state index in [2.05, 4.69) is 20.3 Å². The highest BCUT2D eigenvalue weighted by Crippen LogP contribution is 2.28. The number of rotatable bonds is 6. The molecule has 0 radical (unpaired) electrons. The van der Waals surface area contributed by atoms with Gasteiger partial charge in [-0.3, -0.25) is 4.79 Å². The Hall–Kier alpha value is -3.53. The van der Waals surface area contributed by atoms with Gasteiger partial charge < -0.3 is 14.8 Å². The molecule has 1 aliphatic rings. The van der Waals surface area contributed by atoms with Crippen molar-refractivity contribution in [3.05, 3.63) is 66.0 Å². The molecule has 4 rings (SSSR count). The molecule has 1 N–H and O–H groups in total. The van der Waals surface area contributed by atoms with Gasteiger partial charge in [-0.15, -0.1) is 0 Å². The molecule has 0 aliphatic carbocycles. The number of benzene rings is 1. The number of aromatic nitrogens is 3. The number of anilines is 1. The van der Waals surface area contributed by atoms with Crippen molar-refractivity contribution in [3.63, 3.8) is 0 Å².